The van der Waals surface area contributed by atoms with Gasteiger partial charge in [-0.2, -0.15) is 5.26 Å². The highest BCUT2D eigenvalue weighted by molar-refractivity contribution is 5.78. The monoisotopic (exact) mass is 236 g/mol. The zero-order chi connectivity index (χ0) is 12.7. The highest BCUT2D eigenvalue weighted by Gasteiger charge is 2.16. The molecule has 4 nitrogen and oxygen atoms in total. The van der Waals surface area contributed by atoms with E-state index in [9.17, 15) is 0 Å². The predicted molar refractivity (Wildman–Crippen MR) is 70.5 cm³/mol. The second kappa shape index (κ2) is 7.16. The fourth-order valence-electron chi connectivity index (χ4n) is 2.23. The average molecular weight is 236 g/mol. The molecule has 0 unspecified atom stereocenters. The Bertz CT molecular complexity index is 284. The lowest BCUT2D eigenvalue weighted by Crippen LogP contribution is -2.41. The molecule has 1 aliphatic rings. The number of guanidine groups is 1. The van der Waals surface area contributed by atoms with Crippen molar-refractivity contribution in [2.75, 3.05) is 13.1 Å². The van der Waals surface area contributed by atoms with Gasteiger partial charge in [-0.3, -0.25) is 0 Å². The zero-order valence-corrected chi connectivity index (χ0v) is 11.0. The van der Waals surface area contributed by atoms with Crippen molar-refractivity contribution in [3.8, 4) is 6.07 Å². The third kappa shape index (κ3) is 5.08. The molecule has 0 spiro atoms. The van der Waals surface area contributed by atoms with Crippen molar-refractivity contribution in [2.45, 2.75) is 52.0 Å². The number of nitrogens with two attached hydrogens (primary N) is 1. The van der Waals surface area contributed by atoms with Gasteiger partial charge in [0.2, 0.25) is 0 Å². The molecule has 0 saturated heterocycles. The minimum absolute atomic E-state index is 0.409. The summed E-state index contributed by atoms with van der Waals surface area (Å²) in [5.74, 6) is 1.16. The van der Waals surface area contributed by atoms with E-state index in [4.69, 9.17) is 11.0 Å². The molecule has 1 aliphatic carbocycles. The average Bonchev–Trinajstić information content (AvgIpc) is 2.76. The summed E-state index contributed by atoms with van der Waals surface area (Å²) in [4.78, 5) is 6.64. The van der Waals surface area contributed by atoms with Gasteiger partial charge in [0, 0.05) is 13.1 Å². The van der Waals surface area contributed by atoms with Crippen LogP contribution in [0.1, 0.15) is 46.0 Å². The van der Waals surface area contributed by atoms with Crippen molar-refractivity contribution in [3.63, 3.8) is 0 Å². The van der Waals surface area contributed by atoms with E-state index in [1.54, 1.807) is 0 Å². The van der Waals surface area contributed by atoms with Gasteiger partial charge in [-0.25, -0.2) is 4.99 Å². The van der Waals surface area contributed by atoms with Gasteiger partial charge in [-0.1, -0.05) is 26.7 Å². The molecule has 0 bridgehead atoms. The van der Waals surface area contributed by atoms with Crippen LogP contribution in [-0.2, 0) is 0 Å². The fourth-order valence-corrected chi connectivity index (χ4v) is 2.23. The van der Waals surface area contributed by atoms with Crippen molar-refractivity contribution in [3.05, 3.63) is 0 Å². The van der Waals surface area contributed by atoms with Crippen molar-refractivity contribution in [1.29, 1.82) is 5.26 Å². The van der Waals surface area contributed by atoms with Crippen molar-refractivity contribution in [2.24, 2.45) is 16.6 Å². The van der Waals surface area contributed by atoms with Crippen LogP contribution >= 0.6 is 0 Å². The van der Waals surface area contributed by atoms with E-state index in [1.165, 1.54) is 12.8 Å². The van der Waals surface area contributed by atoms with E-state index >= 15 is 0 Å². The Kier molecular flexibility index (Phi) is 5.82. The van der Waals surface area contributed by atoms with Crippen molar-refractivity contribution < 1.29 is 0 Å². The maximum Gasteiger partial charge on any atom is 0.191 e. The lowest BCUT2D eigenvalue weighted by atomic mass is 10.2. The van der Waals surface area contributed by atoms with Crippen LogP contribution in [0.4, 0.5) is 0 Å². The van der Waals surface area contributed by atoms with E-state index in [0.29, 0.717) is 30.9 Å². The molecule has 0 aromatic rings. The zero-order valence-electron chi connectivity index (χ0n) is 11.0. The minimum atomic E-state index is 0.409. The molecule has 1 saturated carbocycles. The quantitative estimate of drug-likeness (QED) is 0.587. The number of nitriles is 1. The highest BCUT2D eigenvalue weighted by atomic mass is 15.3. The van der Waals surface area contributed by atoms with Crippen LogP contribution in [0.15, 0.2) is 4.99 Å². The van der Waals surface area contributed by atoms with Gasteiger partial charge in [0.15, 0.2) is 5.96 Å². The summed E-state index contributed by atoms with van der Waals surface area (Å²) in [6.07, 6.45) is 5.37. The largest absolute Gasteiger partial charge is 0.370 e. The summed E-state index contributed by atoms with van der Waals surface area (Å²) in [6.45, 7) is 5.88. The van der Waals surface area contributed by atoms with E-state index in [0.717, 1.165) is 19.4 Å². The summed E-state index contributed by atoms with van der Waals surface area (Å²) < 4.78 is 0. The van der Waals surface area contributed by atoms with Crippen LogP contribution in [0.3, 0.4) is 0 Å². The normalized spacial score (nSPS) is 17.4. The Labute approximate surface area is 105 Å². The molecule has 96 valence electrons. The Morgan fingerprint density at radius 1 is 1.47 bits per heavy atom. The summed E-state index contributed by atoms with van der Waals surface area (Å²) in [7, 11) is 0. The molecule has 1 fully saturated rings. The van der Waals surface area contributed by atoms with Crippen molar-refractivity contribution >= 4 is 5.96 Å². The summed E-state index contributed by atoms with van der Waals surface area (Å²) in [5, 5.41) is 8.66. The number of nitrogens with zero attached hydrogens (tertiary/aromatic N) is 3. The second-order valence-electron chi connectivity index (χ2n) is 5.17. The van der Waals surface area contributed by atoms with Crippen LogP contribution in [0.25, 0.3) is 0 Å². The minimum Gasteiger partial charge on any atom is -0.370 e. The molecule has 0 amide bonds. The van der Waals surface area contributed by atoms with Gasteiger partial charge in [-0.05, 0) is 18.8 Å². The number of hydrogen-bond acceptors (Lipinski definition) is 2. The van der Waals surface area contributed by atoms with Crippen LogP contribution in [0, 0.1) is 17.2 Å². The van der Waals surface area contributed by atoms with Crippen LogP contribution < -0.4 is 5.73 Å². The molecular weight excluding hydrogens is 212 g/mol. The number of hydrogen-bond donors (Lipinski definition) is 1. The summed E-state index contributed by atoms with van der Waals surface area (Å²) >= 11 is 0. The van der Waals surface area contributed by atoms with Crippen molar-refractivity contribution in [1.82, 2.24) is 4.90 Å². The van der Waals surface area contributed by atoms with Crippen LogP contribution in [0.5, 0.6) is 0 Å². The SMILES string of the molecule is CC(C)CN(CCC#N)C(N)=NC1CCCC1. The maximum absolute atomic E-state index is 8.66. The molecule has 0 aromatic heterocycles. The number of aliphatic imine (C=N–C) groups is 1. The highest BCUT2D eigenvalue weighted by Crippen LogP contribution is 2.21. The predicted octanol–water partition coefficient (Wildman–Crippen LogP) is 2.12. The van der Waals surface area contributed by atoms with Crippen LogP contribution in [0.2, 0.25) is 0 Å². The second-order valence-corrected chi connectivity index (χ2v) is 5.17. The molecule has 0 radical (unpaired) electrons. The van der Waals surface area contributed by atoms with E-state index in [2.05, 4.69) is 24.9 Å². The van der Waals surface area contributed by atoms with Gasteiger partial charge in [-0.15, -0.1) is 0 Å². The topological polar surface area (TPSA) is 65.4 Å². The molecule has 1 rings (SSSR count). The van der Waals surface area contributed by atoms with Gasteiger partial charge in [0.05, 0.1) is 18.5 Å². The first kappa shape index (κ1) is 13.8. The molecule has 17 heavy (non-hydrogen) atoms. The van der Waals surface area contributed by atoms with E-state index in [1.807, 2.05) is 4.90 Å². The molecule has 2 N–H and O–H groups in total. The Morgan fingerprint density at radius 3 is 2.65 bits per heavy atom. The van der Waals surface area contributed by atoms with Gasteiger partial charge in [0.1, 0.15) is 0 Å². The first-order valence-corrected chi connectivity index (χ1v) is 6.58. The summed E-state index contributed by atoms with van der Waals surface area (Å²) in [5.41, 5.74) is 6.05. The molecule has 0 aliphatic heterocycles. The Hall–Kier alpha value is -1.24. The van der Waals surface area contributed by atoms with Crippen LogP contribution in [-0.4, -0.2) is 30.0 Å². The Balaban J connectivity index is 2.56. The molecule has 0 heterocycles. The fraction of sp³-hybridized carbons (Fsp3) is 0.846. The van der Waals surface area contributed by atoms with Gasteiger partial charge >= 0.3 is 0 Å². The van der Waals surface area contributed by atoms with E-state index < -0.39 is 0 Å². The third-order valence-electron chi connectivity index (χ3n) is 3.04. The lowest BCUT2D eigenvalue weighted by molar-refractivity contribution is 0.365. The number of rotatable bonds is 5. The third-order valence-corrected chi connectivity index (χ3v) is 3.04. The van der Waals surface area contributed by atoms with E-state index in [-0.39, 0.29) is 0 Å². The van der Waals surface area contributed by atoms with Gasteiger partial charge < -0.3 is 10.6 Å². The maximum atomic E-state index is 8.66. The van der Waals surface area contributed by atoms with Gasteiger partial charge in [0.25, 0.3) is 0 Å². The standard InChI is InChI=1S/C13H24N4/c1-11(2)10-17(9-5-8-14)13(15)16-12-6-3-4-7-12/h11-12H,3-7,9-10H2,1-2H3,(H2,15,16). The summed E-state index contributed by atoms with van der Waals surface area (Å²) in [6, 6.07) is 2.58. The smallest absolute Gasteiger partial charge is 0.191 e. The molecule has 0 atom stereocenters. The molecule has 0 aromatic carbocycles. The molecular formula is C13H24N4. The molecule has 4 heteroatoms. The Morgan fingerprint density at radius 2 is 2.12 bits per heavy atom. The first-order valence-electron chi connectivity index (χ1n) is 6.58. The lowest BCUT2D eigenvalue weighted by Gasteiger charge is -2.25. The first-order chi connectivity index (χ1) is 8.13.